The van der Waals surface area contributed by atoms with E-state index in [2.05, 4.69) is 21.7 Å². The van der Waals surface area contributed by atoms with E-state index in [4.69, 9.17) is 0 Å². The standard InChI is InChI=1S/C18H22N4O4/c23-15-7-3-1-5-13(15)11-19-21-17(25)9-10-18(26)22-20-12-14-6-2-4-8-16(14)24/h1-8,19-20,23-24H,9-12H2,(H,21,25)(H,22,26). The first kappa shape index (κ1) is 19.2. The summed E-state index contributed by atoms with van der Waals surface area (Å²) in [5, 5.41) is 19.2. The van der Waals surface area contributed by atoms with Crippen molar-refractivity contribution in [1.82, 2.24) is 21.7 Å². The van der Waals surface area contributed by atoms with Gasteiger partial charge in [0.25, 0.3) is 0 Å². The van der Waals surface area contributed by atoms with Crippen LogP contribution in [0.5, 0.6) is 11.5 Å². The Morgan fingerprint density at radius 3 is 1.46 bits per heavy atom. The van der Waals surface area contributed by atoms with Gasteiger partial charge in [-0.1, -0.05) is 36.4 Å². The molecule has 26 heavy (non-hydrogen) atoms. The zero-order valence-electron chi connectivity index (χ0n) is 14.2. The Morgan fingerprint density at radius 2 is 1.08 bits per heavy atom. The van der Waals surface area contributed by atoms with Gasteiger partial charge in [-0.15, -0.1) is 0 Å². The number of aromatic hydroxyl groups is 2. The quantitative estimate of drug-likeness (QED) is 0.369. The lowest BCUT2D eigenvalue weighted by molar-refractivity contribution is -0.127. The van der Waals surface area contributed by atoms with Crippen molar-refractivity contribution in [3.8, 4) is 11.5 Å². The van der Waals surface area contributed by atoms with E-state index in [1.54, 1.807) is 48.5 Å². The van der Waals surface area contributed by atoms with Gasteiger partial charge in [0.05, 0.1) is 0 Å². The lowest BCUT2D eigenvalue weighted by Crippen LogP contribution is -2.39. The maximum atomic E-state index is 11.7. The van der Waals surface area contributed by atoms with Gasteiger partial charge in [-0.3, -0.25) is 20.4 Å². The van der Waals surface area contributed by atoms with Crippen LogP contribution in [0.4, 0.5) is 0 Å². The van der Waals surface area contributed by atoms with Gasteiger partial charge < -0.3 is 10.2 Å². The molecule has 0 saturated heterocycles. The molecule has 138 valence electrons. The van der Waals surface area contributed by atoms with Crippen molar-refractivity contribution in [3.63, 3.8) is 0 Å². The fourth-order valence-electron chi connectivity index (χ4n) is 2.15. The van der Waals surface area contributed by atoms with Gasteiger partial charge >= 0.3 is 0 Å². The lowest BCUT2D eigenvalue weighted by atomic mass is 10.2. The van der Waals surface area contributed by atoms with Crippen molar-refractivity contribution in [2.75, 3.05) is 0 Å². The van der Waals surface area contributed by atoms with Crippen LogP contribution in [0.1, 0.15) is 24.0 Å². The zero-order valence-corrected chi connectivity index (χ0v) is 14.2. The van der Waals surface area contributed by atoms with Crippen LogP contribution >= 0.6 is 0 Å². The zero-order chi connectivity index (χ0) is 18.8. The summed E-state index contributed by atoms with van der Waals surface area (Å²) >= 11 is 0. The Labute approximate surface area is 151 Å². The van der Waals surface area contributed by atoms with Gasteiger partial charge in [0, 0.05) is 37.1 Å². The van der Waals surface area contributed by atoms with Crippen LogP contribution in [0.25, 0.3) is 0 Å². The summed E-state index contributed by atoms with van der Waals surface area (Å²) in [6.07, 6.45) is 0.0236. The van der Waals surface area contributed by atoms with Crippen LogP contribution in [0.15, 0.2) is 48.5 Å². The van der Waals surface area contributed by atoms with Crippen molar-refractivity contribution >= 4 is 11.8 Å². The smallest absolute Gasteiger partial charge is 0.234 e. The topological polar surface area (TPSA) is 123 Å². The number of amides is 2. The first-order valence-electron chi connectivity index (χ1n) is 8.13. The molecule has 0 heterocycles. The van der Waals surface area contributed by atoms with E-state index in [-0.39, 0.29) is 49.2 Å². The average Bonchev–Trinajstić information content (AvgIpc) is 2.63. The van der Waals surface area contributed by atoms with Gasteiger partial charge in [-0.2, -0.15) is 0 Å². The van der Waals surface area contributed by atoms with Crippen molar-refractivity contribution in [1.29, 1.82) is 0 Å². The molecule has 2 rings (SSSR count). The molecule has 0 fully saturated rings. The van der Waals surface area contributed by atoms with E-state index < -0.39 is 0 Å². The van der Waals surface area contributed by atoms with Crippen molar-refractivity contribution in [2.45, 2.75) is 25.9 Å². The maximum absolute atomic E-state index is 11.7. The number of phenols is 2. The molecule has 0 saturated carbocycles. The minimum Gasteiger partial charge on any atom is -0.508 e. The molecule has 0 aromatic heterocycles. The summed E-state index contributed by atoms with van der Waals surface area (Å²) in [4.78, 5) is 23.4. The van der Waals surface area contributed by atoms with Gasteiger partial charge in [-0.05, 0) is 12.1 Å². The summed E-state index contributed by atoms with van der Waals surface area (Å²) in [6.45, 7) is 0.541. The first-order chi connectivity index (χ1) is 12.6. The molecule has 0 radical (unpaired) electrons. The fraction of sp³-hybridized carbons (Fsp3) is 0.222. The number of benzene rings is 2. The number of carbonyl (C=O) groups is 2. The highest BCUT2D eigenvalue weighted by Crippen LogP contribution is 2.15. The molecule has 0 atom stereocenters. The number of para-hydroxylation sites is 2. The molecule has 0 bridgehead atoms. The predicted octanol–water partition coefficient (Wildman–Crippen LogP) is 0.820. The SMILES string of the molecule is O=C(CCC(=O)NNCc1ccccc1O)NNCc1ccccc1O. The fourth-order valence-corrected chi connectivity index (χ4v) is 2.15. The number of carbonyl (C=O) groups excluding carboxylic acids is 2. The lowest BCUT2D eigenvalue weighted by Gasteiger charge is -2.10. The van der Waals surface area contributed by atoms with Crippen molar-refractivity contribution in [2.24, 2.45) is 0 Å². The Bertz CT molecular complexity index is 688. The van der Waals surface area contributed by atoms with Gasteiger partial charge in [0.2, 0.25) is 11.8 Å². The average molecular weight is 358 g/mol. The van der Waals surface area contributed by atoms with Crippen LogP contribution in [0, 0.1) is 0 Å². The molecule has 0 aliphatic heterocycles. The normalized spacial score (nSPS) is 10.3. The predicted molar refractivity (Wildman–Crippen MR) is 95.4 cm³/mol. The molecule has 2 aromatic carbocycles. The van der Waals surface area contributed by atoms with E-state index in [1.165, 1.54) is 0 Å². The second-order valence-corrected chi connectivity index (χ2v) is 5.56. The number of hydrogen-bond acceptors (Lipinski definition) is 6. The van der Waals surface area contributed by atoms with Crippen LogP contribution < -0.4 is 21.7 Å². The van der Waals surface area contributed by atoms with E-state index in [1.807, 2.05) is 0 Å². The minimum atomic E-state index is -0.337. The highest BCUT2D eigenvalue weighted by atomic mass is 16.3. The highest BCUT2D eigenvalue weighted by Gasteiger charge is 2.07. The number of rotatable bonds is 9. The number of nitrogens with one attached hydrogen (secondary N) is 4. The van der Waals surface area contributed by atoms with Crippen molar-refractivity contribution in [3.05, 3.63) is 59.7 Å². The largest absolute Gasteiger partial charge is 0.508 e. The maximum Gasteiger partial charge on any atom is 0.234 e. The summed E-state index contributed by atoms with van der Waals surface area (Å²) in [6, 6.07) is 13.6. The molecule has 8 nitrogen and oxygen atoms in total. The summed E-state index contributed by atoms with van der Waals surface area (Å²) in [7, 11) is 0. The van der Waals surface area contributed by atoms with E-state index in [0.29, 0.717) is 11.1 Å². The summed E-state index contributed by atoms with van der Waals surface area (Å²) in [5.41, 5.74) is 11.6. The Morgan fingerprint density at radius 1 is 0.692 bits per heavy atom. The monoisotopic (exact) mass is 358 g/mol. The van der Waals surface area contributed by atoms with E-state index in [0.717, 1.165) is 0 Å². The summed E-state index contributed by atoms with van der Waals surface area (Å²) in [5.74, 6) is -0.388. The van der Waals surface area contributed by atoms with Crippen LogP contribution in [-0.4, -0.2) is 22.0 Å². The van der Waals surface area contributed by atoms with Crippen molar-refractivity contribution < 1.29 is 19.8 Å². The third kappa shape index (κ3) is 6.42. The summed E-state index contributed by atoms with van der Waals surface area (Å²) < 4.78 is 0. The number of phenolic OH excluding ortho intramolecular Hbond substituents is 2. The minimum absolute atomic E-state index is 0.0118. The molecule has 8 heteroatoms. The first-order valence-corrected chi connectivity index (χ1v) is 8.13. The molecular formula is C18H22N4O4. The molecule has 0 aliphatic carbocycles. The van der Waals surface area contributed by atoms with Crippen LogP contribution in [-0.2, 0) is 22.7 Å². The molecular weight excluding hydrogens is 336 g/mol. The molecule has 2 aromatic rings. The Kier molecular flexibility index (Phi) is 7.41. The number of hydrogen-bond donors (Lipinski definition) is 6. The van der Waals surface area contributed by atoms with Gasteiger partial charge in [0.15, 0.2) is 0 Å². The van der Waals surface area contributed by atoms with Gasteiger partial charge in [0.1, 0.15) is 11.5 Å². The van der Waals surface area contributed by atoms with Crippen LogP contribution in [0.3, 0.4) is 0 Å². The van der Waals surface area contributed by atoms with E-state index in [9.17, 15) is 19.8 Å². The molecule has 0 aliphatic rings. The second kappa shape index (κ2) is 10.0. The third-order valence-corrected chi connectivity index (χ3v) is 3.58. The Hall–Kier alpha value is -3.10. The molecule has 0 unspecified atom stereocenters. The number of hydrazine groups is 2. The third-order valence-electron chi connectivity index (χ3n) is 3.58. The van der Waals surface area contributed by atoms with Gasteiger partial charge in [-0.25, -0.2) is 10.9 Å². The second-order valence-electron chi connectivity index (χ2n) is 5.56. The molecule has 6 N–H and O–H groups in total. The molecule has 2 amide bonds. The molecule has 0 spiro atoms. The Balaban J connectivity index is 1.59. The van der Waals surface area contributed by atoms with Crippen LogP contribution in [0.2, 0.25) is 0 Å². The van der Waals surface area contributed by atoms with E-state index >= 15 is 0 Å². The highest BCUT2D eigenvalue weighted by molar-refractivity contribution is 5.83.